The number of rotatable bonds is 9. The number of carboxylic acids is 1. The Labute approximate surface area is 156 Å². The number of aromatic hydroxyl groups is 1. The number of aliphatic hydroxyl groups excluding tert-OH is 1. The van der Waals surface area contributed by atoms with E-state index in [4.69, 9.17) is 10.8 Å². The minimum atomic E-state index is -1.37. The Morgan fingerprint density at radius 3 is 2.19 bits per heavy atom. The third kappa shape index (κ3) is 6.54. The van der Waals surface area contributed by atoms with E-state index < -0.39 is 42.0 Å². The maximum atomic E-state index is 12.2. The molecule has 144 valence electrons. The van der Waals surface area contributed by atoms with Gasteiger partial charge in [0.15, 0.2) is 0 Å². The number of thiol groups is 1. The molecule has 0 spiro atoms. The van der Waals surface area contributed by atoms with Crippen LogP contribution in [-0.4, -0.2) is 63.1 Å². The Kier molecular flexibility index (Phi) is 8.36. The number of carboxylic acid groups (broad SMARTS) is 1. The number of hydrogen-bond acceptors (Lipinski definition) is 7. The summed E-state index contributed by atoms with van der Waals surface area (Å²) in [6.45, 7) is 1.28. The summed E-state index contributed by atoms with van der Waals surface area (Å²) >= 11 is 3.83. The third-order valence-electron chi connectivity index (χ3n) is 3.59. The summed E-state index contributed by atoms with van der Waals surface area (Å²) < 4.78 is 0. The largest absolute Gasteiger partial charge is 0.508 e. The number of phenols is 1. The molecule has 1 aromatic carbocycles. The first-order valence-corrected chi connectivity index (χ1v) is 8.45. The van der Waals surface area contributed by atoms with E-state index >= 15 is 0 Å². The molecule has 0 bridgehead atoms. The zero-order chi connectivity index (χ0) is 19.9. The second kappa shape index (κ2) is 10.00. The fourth-order valence-electron chi connectivity index (χ4n) is 2.09. The molecule has 0 aliphatic carbocycles. The Balaban J connectivity index is 2.72. The highest BCUT2D eigenvalue weighted by Gasteiger charge is 2.30. The lowest BCUT2D eigenvalue weighted by molar-refractivity contribution is -0.142. The fraction of sp³-hybridized carbons (Fsp3) is 0.438. The molecule has 7 N–H and O–H groups in total. The number of carbonyl (C=O) groups excluding carboxylic acids is 2. The highest BCUT2D eigenvalue weighted by Crippen LogP contribution is 2.11. The van der Waals surface area contributed by atoms with Crippen LogP contribution >= 0.6 is 12.6 Å². The van der Waals surface area contributed by atoms with E-state index in [0.29, 0.717) is 5.56 Å². The number of aliphatic carboxylic acids is 1. The molecule has 2 amide bonds. The highest BCUT2D eigenvalue weighted by molar-refractivity contribution is 7.80. The lowest BCUT2D eigenvalue weighted by Crippen LogP contribution is -2.58. The van der Waals surface area contributed by atoms with Gasteiger partial charge in [-0.25, -0.2) is 4.79 Å². The minimum Gasteiger partial charge on any atom is -0.508 e. The Morgan fingerprint density at radius 2 is 1.73 bits per heavy atom. The zero-order valence-electron chi connectivity index (χ0n) is 14.1. The maximum absolute atomic E-state index is 12.2. The quantitative estimate of drug-likeness (QED) is 0.258. The molecule has 1 rings (SSSR count). The van der Waals surface area contributed by atoms with Gasteiger partial charge in [-0.15, -0.1) is 0 Å². The first-order chi connectivity index (χ1) is 12.1. The lowest BCUT2D eigenvalue weighted by atomic mass is 10.0. The topological polar surface area (TPSA) is 162 Å². The van der Waals surface area contributed by atoms with Gasteiger partial charge in [0.2, 0.25) is 11.8 Å². The molecule has 4 atom stereocenters. The van der Waals surface area contributed by atoms with Crippen molar-refractivity contribution in [3.05, 3.63) is 29.8 Å². The number of carbonyl (C=O) groups is 3. The highest BCUT2D eigenvalue weighted by atomic mass is 32.1. The van der Waals surface area contributed by atoms with Crippen molar-refractivity contribution in [3.8, 4) is 5.75 Å². The van der Waals surface area contributed by atoms with Crippen molar-refractivity contribution in [2.75, 3.05) is 5.75 Å². The van der Waals surface area contributed by atoms with Gasteiger partial charge in [-0.05, 0) is 31.0 Å². The number of phenolic OH excluding ortho intramolecular Hbond substituents is 1. The molecule has 0 heterocycles. The van der Waals surface area contributed by atoms with E-state index in [1.54, 1.807) is 12.1 Å². The number of amides is 2. The van der Waals surface area contributed by atoms with Gasteiger partial charge in [0.05, 0.1) is 12.1 Å². The van der Waals surface area contributed by atoms with Crippen LogP contribution in [-0.2, 0) is 20.8 Å². The van der Waals surface area contributed by atoms with E-state index in [-0.39, 0.29) is 17.9 Å². The van der Waals surface area contributed by atoms with Gasteiger partial charge in [-0.1, -0.05) is 12.1 Å². The summed E-state index contributed by atoms with van der Waals surface area (Å²) in [4.78, 5) is 35.3. The van der Waals surface area contributed by atoms with Gasteiger partial charge in [0, 0.05) is 5.75 Å². The predicted octanol–water partition coefficient (Wildman–Crippen LogP) is -1.37. The molecule has 0 aromatic heterocycles. The first-order valence-electron chi connectivity index (χ1n) is 7.81. The molecular weight excluding hydrogens is 362 g/mol. The van der Waals surface area contributed by atoms with Crippen molar-refractivity contribution >= 4 is 30.4 Å². The number of hydrogen-bond donors (Lipinski definition) is 7. The molecule has 0 aliphatic rings. The fourth-order valence-corrected chi connectivity index (χ4v) is 2.34. The average Bonchev–Trinajstić information content (AvgIpc) is 2.58. The van der Waals surface area contributed by atoms with Crippen molar-refractivity contribution in [1.29, 1.82) is 0 Å². The van der Waals surface area contributed by atoms with Crippen LogP contribution in [0.4, 0.5) is 0 Å². The van der Waals surface area contributed by atoms with Crippen LogP contribution in [0.15, 0.2) is 24.3 Å². The van der Waals surface area contributed by atoms with Gasteiger partial charge < -0.3 is 31.7 Å². The summed E-state index contributed by atoms with van der Waals surface area (Å²) in [5, 5.41) is 32.4. The van der Waals surface area contributed by atoms with E-state index in [1.165, 1.54) is 19.1 Å². The van der Waals surface area contributed by atoms with Crippen LogP contribution in [0.2, 0.25) is 0 Å². The van der Waals surface area contributed by atoms with Gasteiger partial charge in [-0.3, -0.25) is 9.59 Å². The zero-order valence-corrected chi connectivity index (χ0v) is 15.0. The van der Waals surface area contributed by atoms with Crippen molar-refractivity contribution in [3.63, 3.8) is 0 Å². The van der Waals surface area contributed by atoms with Gasteiger partial charge in [-0.2, -0.15) is 12.6 Å². The maximum Gasteiger partial charge on any atom is 0.327 e. The molecule has 4 unspecified atom stereocenters. The normalized spacial score (nSPS) is 15.4. The van der Waals surface area contributed by atoms with Crippen LogP contribution in [0.5, 0.6) is 5.75 Å². The predicted molar refractivity (Wildman–Crippen MR) is 96.8 cm³/mol. The number of nitrogens with one attached hydrogen (secondary N) is 2. The Bertz CT molecular complexity index is 637. The molecule has 0 saturated carbocycles. The van der Waals surface area contributed by atoms with Crippen LogP contribution < -0.4 is 16.4 Å². The Hall–Kier alpha value is -2.30. The average molecular weight is 385 g/mol. The summed E-state index contributed by atoms with van der Waals surface area (Å²) in [6.07, 6.45) is -1.12. The Morgan fingerprint density at radius 1 is 1.15 bits per heavy atom. The second-order valence-electron chi connectivity index (χ2n) is 5.79. The molecule has 0 aliphatic heterocycles. The van der Waals surface area contributed by atoms with Gasteiger partial charge in [0.1, 0.15) is 17.8 Å². The molecule has 0 fully saturated rings. The van der Waals surface area contributed by atoms with E-state index in [0.717, 1.165) is 0 Å². The van der Waals surface area contributed by atoms with E-state index in [9.17, 15) is 24.6 Å². The van der Waals surface area contributed by atoms with Crippen LogP contribution in [0.3, 0.4) is 0 Å². The van der Waals surface area contributed by atoms with Gasteiger partial charge >= 0.3 is 5.97 Å². The number of aliphatic hydroxyl groups is 1. The molecule has 9 nitrogen and oxygen atoms in total. The summed E-state index contributed by atoms with van der Waals surface area (Å²) in [5.74, 6) is -2.90. The monoisotopic (exact) mass is 385 g/mol. The third-order valence-corrected chi connectivity index (χ3v) is 3.95. The van der Waals surface area contributed by atoms with Crippen molar-refractivity contribution in [2.24, 2.45) is 5.73 Å². The molecular formula is C16H23N3O6S. The summed E-state index contributed by atoms with van der Waals surface area (Å²) in [5.41, 5.74) is 6.52. The molecule has 0 saturated heterocycles. The van der Waals surface area contributed by atoms with Crippen molar-refractivity contribution in [1.82, 2.24) is 10.6 Å². The first kappa shape index (κ1) is 21.7. The molecule has 26 heavy (non-hydrogen) atoms. The van der Waals surface area contributed by atoms with E-state index in [1.807, 2.05) is 0 Å². The number of benzene rings is 1. The van der Waals surface area contributed by atoms with Crippen molar-refractivity contribution in [2.45, 2.75) is 37.6 Å². The SMILES string of the molecule is CC(O)C(NC(=O)C(N)Cc1ccc(O)cc1)C(=O)NC(CS)C(=O)O. The van der Waals surface area contributed by atoms with Gasteiger partial charge in [0.25, 0.3) is 0 Å². The molecule has 1 aromatic rings. The standard InChI is InChI=1S/C16H23N3O6S/c1-8(20)13(15(23)18-12(7-26)16(24)25)19-14(22)11(17)6-9-2-4-10(21)5-3-9/h2-5,8,11-13,20-21,26H,6-7,17H2,1H3,(H,18,23)(H,19,22)(H,24,25). The summed E-state index contributed by atoms with van der Waals surface area (Å²) in [6, 6.07) is 2.49. The lowest BCUT2D eigenvalue weighted by Gasteiger charge is -2.24. The smallest absolute Gasteiger partial charge is 0.327 e. The van der Waals surface area contributed by atoms with E-state index in [2.05, 4.69) is 23.3 Å². The summed E-state index contributed by atoms with van der Waals surface area (Å²) in [7, 11) is 0. The molecule has 0 radical (unpaired) electrons. The molecule has 10 heteroatoms. The second-order valence-corrected chi connectivity index (χ2v) is 6.15. The van der Waals surface area contributed by atoms with Crippen LogP contribution in [0.25, 0.3) is 0 Å². The van der Waals surface area contributed by atoms with Crippen molar-refractivity contribution < 1.29 is 29.7 Å². The minimum absolute atomic E-state index is 0.0785. The number of nitrogens with two attached hydrogens (primary N) is 1. The van der Waals surface area contributed by atoms with Crippen LogP contribution in [0, 0.1) is 0 Å². The van der Waals surface area contributed by atoms with Crippen LogP contribution in [0.1, 0.15) is 12.5 Å².